The van der Waals surface area contributed by atoms with Crippen molar-refractivity contribution < 1.29 is 0 Å². The van der Waals surface area contributed by atoms with Crippen LogP contribution in [0.1, 0.15) is 38.7 Å². The SMILES string of the molecule is CCCC1CCN(c2ccc(CNCC)c(Br)c2)C1. The highest BCUT2D eigenvalue weighted by Crippen LogP contribution is 2.29. The van der Waals surface area contributed by atoms with E-state index in [1.807, 2.05) is 0 Å². The molecule has 106 valence electrons. The van der Waals surface area contributed by atoms with Crippen LogP contribution in [0.5, 0.6) is 0 Å². The van der Waals surface area contributed by atoms with Crippen LogP contribution in [-0.2, 0) is 6.54 Å². The molecule has 0 saturated carbocycles. The molecule has 0 amide bonds. The summed E-state index contributed by atoms with van der Waals surface area (Å²) in [5.74, 6) is 0.894. The Morgan fingerprint density at radius 3 is 2.89 bits per heavy atom. The van der Waals surface area contributed by atoms with Crippen LogP contribution in [-0.4, -0.2) is 19.6 Å². The van der Waals surface area contributed by atoms with Crippen LogP contribution in [0, 0.1) is 5.92 Å². The van der Waals surface area contributed by atoms with Gasteiger partial charge in [0.25, 0.3) is 0 Å². The summed E-state index contributed by atoms with van der Waals surface area (Å²) in [6, 6.07) is 6.79. The summed E-state index contributed by atoms with van der Waals surface area (Å²) >= 11 is 3.70. The van der Waals surface area contributed by atoms with Crippen molar-refractivity contribution in [2.75, 3.05) is 24.5 Å². The van der Waals surface area contributed by atoms with Gasteiger partial charge in [-0.1, -0.05) is 42.3 Å². The minimum atomic E-state index is 0.894. The lowest BCUT2D eigenvalue weighted by molar-refractivity contribution is 0.530. The van der Waals surface area contributed by atoms with Crippen molar-refractivity contribution in [3.8, 4) is 0 Å². The molecule has 0 aromatic heterocycles. The molecular formula is C16H25BrN2. The van der Waals surface area contributed by atoms with Gasteiger partial charge in [-0.15, -0.1) is 0 Å². The zero-order valence-corrected chi connectivity index (χ0v) is 13.7. The second-order valence-electron chi connectivity index (χ2n) is 5.45. The van der Waals surface area contributed by atoms with E-state index in [1.54, 1.807) is 0 Å². The van der Waals surface area contributed by atoms with Crippen LogP contribution in [0.4, 0.5) is 5.69 Å². The maximum absolute atomic E-state index is 3.70. The highest BCUT2D eigenvalue weighted by atomic mass is 79.9. The molecule has 1 aliphatic rings. The van der Waals surface area contributed by atoms with Crippen molar-refractivity contribution in [3.05, 3.63) is 28.2 Å². The number of hydrogen-bond donors (Lipinski definition) is 1. The second kappa shape index (κ2) is 7.30. The van der Waals surface area contributed by atoms with Crippen molar-refractivity contribution in [2.24, 2.45) is 5.92 Å². The van der Waals surface area contributed by atoms with Crippen LogP contribution in [0.25, 0.3) is 0 Å². The molecule has 2 rings (SSSR count). The topological polar surface area (TPSA) is 15.3 Å². The number of halogens is 1. The number of nitrogens with zero attached hydrogens (tertiary/aromatic N) is 1. The average molecular weight is 325 g/mol. The summed E-state index contributed by atoms with van der Waals surface area (Å²) in [5, 5.41) is 3.37. The quantitative estimate of drug-likeness (QED) is 0.844. The first kappa shape index (κ1) is 14.9. The van der Waals surface area contributed by atoms with Gasteiger partial charge in [-0.25, -0.2) is 0 Å². The van der Waals surface area contributed by atoms with E-state index >= 15 is 0 Å². The van der Waals surface area contributed by atoms with E-state index in [2.05, 4.69) is 58.2 Å². The molecule has 19 heavy (non-hydrogen) atoms. The first-order chi connectivity index (χ1) is 9.24. The van der Waals surface area contributed by atoms with Crippen molar-refractivity contribution in [3.63, 3.8) is 0 Å². The van der Waals surface area contributed by atoms with E-state index in [4.69, 9.17) is 0 Å². The summed E-state index contributed by atoms with van der Waals surface area (Å²) in [7, 11) is 0. The third-order valence-corrected chi connectivity index (χ3v) is 4.69. The van der Waals surface area contributed by atoms with Gasteiger partial charge in [0.1, 0.15) is 0 Å². The van der Waals surface area contributed by atoms with Crippen LogP contribution >= 0.6 is 15.9 Å². The van der Waals surface area contributed by atoms with E-state index < -0.39 is 0 Å². The monoisotopic (exact) mass is 324 g/mol. The Kier molecular flexibility index (Phi) is 5.71. The van der Waals surface area contributed by atoms with Gasteiger partial charge in [0.2, 0.25) is 0 Å². The molecule has 3 heteroatoms. The number of hydrogen-bond acceptors (Lipinski definition) is 2. The second-order valence-corrected chi connectivity index (χ2v) is 6.30. The number of nitrogens with one attached hydrogen (secondary N) is 1. The van der Waals surface area contributed by atoms with Crippen molar-refractivity contribution >= 4 is 21.6 Å². The van der Waals surface area contributed by atoms with E-state index in [9.17, 15) is 0 Å². The Balaban J connectivity index is 2.00. The number of anilines is 1. The van der Waals surface area contributed by atoms with E-state index in [0.29, 0.717) is 0 Å². The molecule has 0 spiro atoms. The lowest BCUT2D eigenvalue weighted by Crippen LogP contribution is -2.20. The zero-order chi connectivity index (χ0) is 13.7. The molecular weight excluding hydrogens is 300 g/mol. The van der Waals surface area contributed by atoms with Crippen molar-refractivity contribution in [1.82, 2.24) is 5.32 Å². The molecule has 0 aliphatic carbocycles. The van der Waals surface area contributed by atoms with Gasteiger partial charge in [0.05, 0.1) is 0 Å². The molecule has 0 bridgehead atoms. The summed E-state index contributed by atoms with van der Waals surface area (Å²) in [4.78, 5) is 2.53. The summed E-state index contributed by atoms with van der Waals surface area (Å²) in [5.41, 5.74) is 2.71. The molecule has 0 radical (unpaired) electrons. The molecule has 1 aliphatic heterocycles. The minimum absolute atomic E-state index is 0.894. The number of rotatable bonds is 6. The molecule has 1 aromatic carbocycles. The molecule has 1 heterocycles. The molecule has 1 N–H and O–H groups in total. The van der Waals surface area contributed by atoms with Gasteiger partial charge in [-0.3, -0.25) is 0 Å². The van der Waals surface area contributed by atoms with Crippen LogP contribution < -0.4 is 10.2 Å². The summed E-state index contributed by atoms with van der Waals surface area (Å²) in [6.45, 7) is 8.82. The van der Waals surface area contributed by atoms with Crippen LogP contribution in [0.2, 0.25) is 0 Å². The van der Waals surface area contributed by atoms with Gasteiger partial charge in [0.15, 0.2) is 0 Å². The Morgan fingerprint density at radius 1 is 1.37 bits per heavy atom. The fourth-order valence-corrected chi connectivity index (χ4v) is 3.35. The standard InChI is InChI=1S/C16H25BrN2/c1-3-5-13-8-9-19(12-13)15-7-6-14(11-18-4-2)16(17)10-15/h6-7,10,13,18H,3-5,8-9,11-12H2,1-2H3. The van der Waals surface area contributed by atoms with E-state index in [1.165, 1.54) is 48.1 Å². The molecule has 1 saturated heterocycles. The smallest absolute Gasteiger partial charge is 0.0377 e. The minimum Gasteiger partial charge on any atom is -0.371 e. The van der Waals surface area contributed by atoms with Gasteiger partial charge < -0.3 is 10.2 Å². The van der Waals surface area contributed by atoms with Gasteiger partial charge >= 0.3 is 0 Å². The molecule has 1 atom stereocenters. The fraction of sp³-hybridized carbons (Fsp3) is 0.625. The Morgan fingerprint density at radius 2 is 2.21 bits per heavy atom. The van der Waals surface area contributed by atoms with Gasteiger partial charge in [-0.2, -0.15) is 0 Å². The van der Waals surface area contributed by atoms with Crippen LogP contribution in [0.3, 0.4) is 0 Å². The van der Waals surface area contributed by atoms with E-state index in [-0.39, 0.29) is 0 Å². The summed E-state index contributed by atoms with van der Waals surface area (Å²) < 4.78 is 1.23. The Labute approximate surface area is 125 Å². The molecule has 1 aromatic rings. The highest BCUT2D eigenvalue weighted by Gasteiger charge is 2.22. The fourth-order valence-electron chi connectivity index (χ4n) is 2.85. The largest absolute Gasteiger partial charge is 0.371 e. The Bertz CT molecular complexity index is 406. The van der Waals surface area contributed by atoms with Gasteiger partial charge in [-0.05, 0) is 43.0 Å². The van der Waals surface area contributed by atoms with Crippen molar-refractivity contribution in [1.29, 1.82) is 0 Å². The van der Waals surface area contributed by atoms with E-state index in [0.717, 1.165) is 19.0 Å². The first-order valence-electron chi connectivity index (χ1n) is 7.48. The maximum atomic E-state index is 3.70. The zero-order valence-electron chi connectivity index (χ0n) is 12.1. The predicted octanol–water partition coefficient (Wildman–Crippen LogP) is 4.19. The maximum Gasteiger partial charge on any atom is 0.0377 e. The molecule has 2 nitrogen and oxygen atoms in total. The highest BCUT2D eigenvalue weighted by molar-refractivity contribution is 9.10. The average Bonchev–Trinajstić information content (AvgIpc) is 2.86. The summed E-state index contributed by atoms with van der Waals surface area (Å²) in [6.07, 6.45) is 4.03. The predicted molar refractivity (Wildman–Crippen MR) is 86.8 cm³/mol. The molecule has 1 unspecified atom stereocenters. The lowest BCUT2D eigenvalue weighted by atomic mass is 10.0. The third kappa shape index (κ3) is 3.96. The van der Waals surface area contributed by atoms with Crippen molar-refractivity contribution in [2.45, 2.75) is 39.7 Å². The van der Waals surface area contributed by atoms with Gasteiger partial charge in [0, 0.05) is 29.8 Å². The first-order valence-corrected chi connectivity index (χ1v) is 8.28. The third-order valence-electron chi connectivity index (χ3n) is 3.95. The van der Waals surface area contributed by atoms with Crippen LogP contribution in [0.15, 0.2) is 22.7 Å². The lowest BCUT2D eigenvalue weighted by Gasteiger charge is -2.20. The Hall–Kier alpha value is -0.540. The number of benzene rings is 1. The molecule has 1 fully saturated rings. The normalized spacial score (nSPS) is 19.1.